The van der Waals surface area contributed by atoms with Gasteiger partial charge in [0, 0.05) is 5.02 Å². The van der Waals surface area contributed by atoms with Gasteiger partial charge in [0.05, 0.1) is 11.3 Å². The number of hydrogen-bond donors (Lipinski definition) is 2. The largest absolute Gasteiger partial charge is 0.507 e. The van der Waals surface area contributed by atoms with E-state index in [0.29, 0.717) is 11.4 Å². The number of amides is 1. The number of carbonyl (C=O) groups excluding carboxylic acids is 1. The molecule has 4 nitrogen and oxygen atoms in total. The van der Waals surface area contributed by atoms with Crippen molar-refractivity contribution in [2.45, 2.75) is 13.3 Å². The van der Waals surface area contributed by atoms with E-state index in [9.17, 15) is 9.90 Å². The Morgan fingerprint density at radius 3 is 2.62 bits per heavy atom. The van der Waals surface area contributed by atoms with E-state index >= 15 is 0 Å². The minimum atomic E-state index is -0.503. The van der Waals surface area contributed by atoms with Gasteiger partial charge in [-0.2, -0.15) is 5.10 Å². The van der Waals surface area contributed by atoms with Crippen LogP contribution in [0.3, 0.4) is 0 Å². The van der Waals surface area contributed by atoms with Crippen molar-refractivity contribution in [3.05, 3.63) is 64.7 Å². The van der Waals surface area contributed by atoms with Gasteiger partial charge in [-0.3, -0.25) is 4.79 Å². The molecule has 0 aliphatic rings. The van der Waals surface area contributed by atoms with Crippen LogP contribution in [0.1, 0.15) is 29.3 Å². The van der Waals surface area contributed by atoms with E-state index < -0.39 is 5.91 Å². The first-order valence-electron chi connectivity index (χ1n) is 6.52. The minimum absolute atomic E-state index is 0.0924. The molecule has 0 aromatic heterocycles. The second-order valence-corrected chi connectivity index (χ2v) is 4.82. The van der Waals surface area contributed by atoms with Crippen LogP contribution in [0.15, 0.2) is 53.6 Å². The highest BCUT2D eigenvalue weighted by molar-refractivity contribution is 6.31. The molecule has 0 saturated carbocycles. The van der Waals surface area contributed by atoms with E-state index in [1.54, 1.807) is 0 Å². The van der Waals surface area contributed by atoms with Gasteiger partial charge < -0.3 is 5.11 Å². The number of phenols is 1. The van der Waals surface area contributed by atoms with Crippen LogP contribution in [0.25, 0.3) is 0 Å². The van der Waals surface area contributed by atoms with Crippen LogP contribution in [0.5, 0.6) is 5.75 Å². The first-order valence-corrected chi connectivity index (χ1v) is 6.90. The molecule has 1 amide bonds. The molecule has 0 aliphatic carbocycles. The zero-order chi connectivity index (χ0) is 15.2. The number of aromatic hydroxyl groups is 1. The number of nitrogens with one attached hydrogen (secondary N) is 1. The highest BCUT2D eigenvalue weighted by Gasteiger charge is 2.11. The highest BCUT2D eigenvalue weighted by atomic mass is 35.5. The van der Waals surface area contributed by atoms with Gasteiger partial charge in [-0.1, -0.05) is 48.9 Å². The Morgan fingerprint density at radius 1 is 1.24 bits per heavy atom. The predicted octanol–water partition coefficient (Wildman–Crippen LogP) is 3.59. The van der Waals surface area contributed by atoms with Crippen molar-refractivity contribution in [2.24, 2.45) is 5.10 Å². The Labute approximate surface area is 128 Å². The minimum Gasteiger partial charge on any atom is -0.507 e. The van der Waals surface area contributed by atoms with E-state index in [1.165, 1.54) is 18.2 Å². The molecule has 2 rings (SSSR count). The number of rotatable bonds is 4. The van der Waals surface area contributed by atoms with Crippen molar-refractivity contribution >= 4 is 23.2 Å². The third-order valence-corrected chi connectivity index (χ3v) is 3.17. The molecule has 21 heavy (non-hydrogen) atoms. The molecule has 108 valence electrons. The van der Waals surface area contributed by atoms with Crippen LogP contribution in [0, 0.1) is 0 Å². The predicted molar refractivity (Wildman–Crippen MR) is 83.9 cm³/mol. The molecule has 0 unspecified atom stereocenters. The monoisotopic (exact) mass is 302 g/mol. The van der Waals surface area contributed by atoms with Crippen LogP contribution in [0.2, 0.25) is 5.02 Å². The average Bonchev–Trinajstić information content (AvgIpc) is 2.51. The lowest BCUT2D eigenvalue weighted by Crippen LogP contribution is -2.20. The highest BCUT2D eigenvalue weighted by Crippen LogP contribution is 2.21. The Morgan fingerprint density at radius 2 is 1.95 bits per heavy atom. The molecule has 0 aliphatic heterocycles. The molecule has 2 N–H and O–H groups in total. The van der Waals surface area contributed by atoms with Crippen molar-refractivity contribution in [3.8, 4) is 5.75 Å². The van der Waals surface area contributed by atoms with Crippen molar-refractivity contribution in [2.75, 3.05) is 0 Å². The number of hydrogen-bond acceptors (Lipinski definition) is 3. The van der Waals surface area contributed by atoms with Crippen molar-refractivity contribution in [1.29, 1.82) is 0 Å². The molecule has 0 fully saturated rings. The lowest BCUT2D eigenvalue weighted by Gasteiger charge is -2.06. The summed E-state index contributed by atoms with van der Waals surface area (Å²) in [5.74, 6) is -0.637. The number of benzene rings is 2. The first kappa shape index (κ1) is 15.1. The second kappa shape index (κ2) is 6.90. The van der Waals surface area contributed by atoms with Gasteiger partial charge in [0.25, 0.3) is 5.91 Å². The Balaban J connectivity index is 2.19. The molecule has 0 saturated heterocycles. The summed E-state index contributed by atoms with van der Waals surface area (Å²) in [6, 6.07) is 13.9. The normalized spacial score (nSPS) is 11.2. The van der Waals surface area contributed by atoms with Crippen LogP contribution >= 0.6 is 11.6 Å². The molecule has 2 aromatic carbocycles. The van der Waals surface area contributed by atoms with E-state index in [4.69, 9.17) is 11.6 Å². The van der Waals surface area contributed by atoms with Gasteiger partial charge in [-0.25, -0.2) is 5.43 Å². The Kier molecular flexibility index (Phi) is 4.95. The first-order chi connectivity index (χ1) is 10.1. The lowest BCUT2D eigenvalue weighted by molar-refractivity contribution is 0.0952. The average molecular weight is 303 g/mol. The molecule has 0 atom stereocenters. The summed E-state index contributed by atoms with van der Waals surface area (Å²) >= 11 is 5.82. The van der Waals surface area contributed by atoms with Gasteiger partial charge in [0.1, 0.15) is 5.75 Å². The Bertz CT molecular complexity index is 669. The van der Waals surface area contributed by atoms with Crippen LogP contribution in [0.4, 0.5) is 0 Å². The fourth-order valence-electron chi connectivity index (χ4n) is 1.85. The van der Waals surface area contributed by atoms with E-state index in [2.05, 4.69) is 10.5 Å². The third-order valence-electron chi connectivity index (χ3n) is 2.94. The topological polar surface area (TPSA) is 61.7 Å². The Hall–Kier alpha value is -2.33. The molecular formula is C16H15ClN2O2. The molecule has 0 spiro atoms. The van der Waals surface area contributed by atoms with Gasteiger partial charge in [-0.15, -0.1) is 0 Å². The summed E-state index contributed by atoms with van der Waals surface area (Å²) in [4.78, 5) is 12.0. The zero-order valence-electron chi connectivity index (χ0n) is 11.5. The van der Waals surface area contributed by atoms with Gasteiger partial charge in [-0.05, 0) is 30.2 Å². The SMILES string of the molecule is CC/C(=N\NC(=O)c1cc(Cl)ccc1O)c1ccccc1. The third kappa shape index (κ3) is 3.83. The summed E-state index contributed by atoms with van der Waals surface area (Å²) in [5.41, 5.74) is 4.23. The van der Waals surface area contributed by atoms with E-state index in [1.807, 2.05) is 37.3 Å². The number of hydrazone groups is 1. The standard InChI is InChI=1S/C16H15ClN2O2/c1-2-14(11-6-4-3-5-7-11)18-19-16(21)13-10-12(17)8-9-15(13)20/h3-10,20H,2H2,1H3,(H,19,21)/b18-14+. The zero-order valence-corrected chi connectivity index (χ0v) is 12.3. The van der Waals surface area contributed by atoms with E-state index in [0.717, 1.165) is 11.3 Å². The van der Waals surface area contributed by atoms with Crippen LogP contribution in [-0.2, 0) is 0 Å². The van der Waals surface area contributed by atoms with Gasteiger partial charge in [0.2, 0.25) is 0 Å². The van der Waals surface area contributed by atoms with Crippen molar-refractivity contribution < 1.29 is 9.90 Å². The maximum absolute atomic E-state index is 12.0. The molecule has 0 radical (unpaired) electrons. The van der Waals surface area contributed by atoms with Crippen LogP contribution < -0.4 is 5.43 Å². The number of nitrogens with zero attached hydrogens (tertiary/aromatic N) is 1. The lowest BCUT2D eigenvalue weighted by atomic mass is 10.1. The fourth-order valence-corrected chi connectivity index (χ4v) is 2.02. The van der Waals surface area contributed by atoms with Gasteiger partial charge >= 0.3 is 0 Å². The number of carbonyl (C=O) groups is 1. The van der Waals surface area contributed by atoms with Gasteiger partial charge in [0.15, 0.2) is 0 Å². The summed E-state index contributed by atoms with van der Waals surface area (Å²) < 4.78 is 0. The van der Waals surface area contributed by atoms with Crippen molar-refractivity contribution in [3.63, 3.8) is 0 Å². The number of phenolic OH excluding ortho intramolecular Hbond substituents is 1. The van der Waals surface area contributed by atoms with Crippen LogP contribution in [-0.4, -0.2) is 16.7 Å². The molecule has 0 bridgehead atoms. The molecule has 0 heterocycles. The maximum atomic E-state index is 12.0. The summed E-state index contributed by atoms with van der Waals surface area (Å²) in [6.07, 6.45) is 0.672. The summed E-state index contributed by atoms with van der Waals surface area (Å²) in [5, 5.41) is 14.2. The second-order valence-electron chi connectivity index (χ2n) is 4.38. The molecule has 2 aromatic rings. The smallest absolute Gasteiger partial charge is 0.275 e. The number of halogens is 1. The van der Waals surface area contributed by atoms with Crippen molar-refractivity contribution in [1.82, 2.24) is 5.43 Å². The summed E-state index contributed by atoms with van der Waals surface area (Å²) in [7, 11) is 0. The fraction of sp³-hybridized carbons (Fsp3) is 0.125. The summed E-state index contributed by atoms with van der Waals surface area (Å²) in [6.45, 7) is 1.95. The quantitative estimate of drug-likeness (QED) is 0.669. The molecule has 5 heteroatoms. The maximum Gasteiger partial charge on any atom is 0.275 e. The van der Waals surface area contributed by atoms with E-state index in [-0.39, 0.29) is 11.3 Å². The molecular weight excluding hydrogens is 288 g/mol.